The number of carbonyl (C=O) groups excluding carboxylic acids is 3. The molecule has 228 valence electrons. The molecule has 0 saturated carbocycles. The van der Waals surface area contributed by atoms with Crippen LogP contribution >= 0.6 is 11.6 Å². The third-order valence-corrected chi connectivity index (χ3v) is 10.0. The molecule has 8 nitrogen and oxygen atoms in total. The lowest BCUT2D eigenvalue weighted by Gasteiger charge is -2.39. The zero-order chi connectivity index (χ0) is 31.1. The number of hydrogen-bond donors (Lipinski definition) is 1. The molecule has 0 radical (unpaired) electrons. The maximum atomic E-state index is 14.8. The van der Waals surface area contributed by atoms with Gasteiger partial charge in [0, 0.05) is 18.8 Å². The van der Waals surface area contributed by atoms with Crippen LogP contribution < -0.4 is 9.80 Å². The van der Waals surface area contributed by atoms with Crippen molar-refractivity contribution in [2.24, 2.45) is 17.8 Å². The maximum absolute atomic E-state index is 14.8. The van der Waals surface area contributed by atoms with Gasteiger partial charge in [-0.1, -0.05) is 67.9 Å². The quantitative estimate of drug-likeness (QED) is 0.370. The number of rotatable bonds is 11. The zero-order valence-electron chi connectivity index (χ0n) is 25.0. The normalized spacial score (nSPS) is 29.7. The summed E-state index contributed by atoms with van der Waals surface area (Å²) in [6.45, 7) is 13.5. The van der Waals surface area contributed by atoms with E-state index in [1.54, 1.807) is 41.3 Å². The average molecular weight is 606 g/mol. The molecule has 0 aromatic heterocycles. The third-order valence-electron chi connectivity index (χ3n) is 9.69. The molecular formula is C34H40ClN3O5. The monoisotopic (exact) mass is 605 g/mol. The van der Waals surface area contributed by atoms with Gasteiger partial charge in [-0.3, -0.25) is 14.4 Å². The van der Waals surface area contributed by atoms with E-state index in [0.29, 0.717) is 29.2 Å². The summed E-state index contributed by atoms with van der Waals surface area (Å²) in [5, 5.41) is 10.8. The number of hydrogen-bond acceptors (Lipinski definition) is 5. The van der Waals surface area contributed by atoms with Crippen molar-refractivity contribution in [1.29, 1.82) is 0 Å². The zero-order valence-corrected chi connectivity index (χ0v) is 25.7. The van der Waals surface area contributed by atoms with Crippen LogP contribution in [0.3, 0.4) is 0 Å². The van der Waals surface area contributed by atoms with E-state index in [1.165, 1.54) is 9.80 Å². The van der Waals surface area contributed by atoms with E-state index in [1.807, 2.05) is 51.1 Å². The van der Waals surface area contributed by atoms with Crippen LogP contribution in [0.1, 0.15) is 33.6 Å². The molecule has 3 amide bonds. The van der Waals surface area contributed by atoms with Crippen LogP contribution in [0.15, 0.2) is 79.9 Å². The molecule has 2 aromatic carbocycles. The highest BCUT2D eigenvalue weighted by atomic mass is 35.5. The van der Waals surface area contributed by atoms with E-state index in [9.17, 15) is 19.5 Å². The third kappa shape index (κ3) is 4.71. The standard InChI is InChI=1S/C34H40ClN3O5/c1-6-18-36(24-14-10-9-11-15-24)30(40)27-28-31(41)38(23(8-3)21-39)29(34(28)20-22(4)33(27,5)43-34)32(42)37(19-7-2)26-17-13-12-16-25(26)35/h6-7,9-17,22-23,27-29,39H,1-2,8,18-21H2,3-5H3/t22?,23-,27-,28-,29?,33+,34?/m0/s1. The van der Waals surface area contributed by atoms with Crippen molar-refractivity contribution in [3.63, 3.8) is 0 Å². The Bertz CT molecular complexity index is 1410. The first kappa shape index (κ1) is 31.0. The maximum Gasteiger partial charge on any atom is 0.253 e. The Labute approximate surface area is 258 Å². The van der Waals surface area contributed by atoms with Crippen molar-refractivity contribution in [2.45, 2.75) is 56.9 Å². The number of benzene rings is 2. The summed E-state index contributed by atoms with van der Waals surface area (Å²) in [5.74, 6) is -2.88. The first-order chi connectivity index (χ1) is 20.6. The summed E-state index contributed by atoms with van der Waals surface area (Å²) in [6, 6.07) is 14.6. The Morgan fingerprint density at radius 2 is 1.72 bits per heavy atom. The van der Waals surface area contributed by atoms with Crippen LogP contribution in [0.2, 0.25) is 5.02 Å². The molecule has 2 bridgehead atoms. The summed E-state index contributed by atoms with van der Waals surface area (Å²) in [5.41, 5.74) is -1.10. The molecule has 7 atom stereocenters. The first-order valence-electron chi connectivity index (χ1n) is 14.9. The minimum absolute atomic E-state index is 0.135. The molecule has 3 fully saturated rings. The van der Waals surface area contributed by atoms with Crippen molar-refractivity contribution in [3.8, 4) is 0 Å². The minimum Gasteiger partial charge on any atom is -0.394 e. The second-order valence-electron chi connectivity index (χ2n) is 12.0. The van der Waals surface area contributed by atoms with Gasteiger partial charge in [0.1, 0.15) is 11.6 Å². The van der Waals surface area contributed by atoms with Crippen LogP contribution in [0.4, 0.5) is 11.4 Å². The van der Waals surface area contributed by atoms with Gasteiger partial charge in [0.2, 0.25) is 11.8 Å². The Balaban J connectivity index is 1.66. The largest absolute Gasteiger partial charge is 0.394 e. The molecule has 5 rings (SSSR count). The molecule has 3 unspecified atom stereocenters. The minimum atomic E-state index is -1.28. The highest BCUT2D eigenvalue weighted by molar-refractivity contribution is 6.34. The molecule has 1 N–H and O–H groups in total. The Morgan fingerprint density at radius 1 is 1.09 bits per heavy atom. The number of ether oxygens (including phenoxy) is 1. The predicted molar refractivity (Wildman–Crippen MR) is 168 cm³/mol. The topological polar surface area (TPSA) is 90.4 Å². The fourth-order valence-corrected chi connectivity index (χ4v) is 7.86. The van der Waals surface area contributed by atoms with Gasteiger partial charge in [0.15, 0.2) is 0 Å². The fraction of sp³-hybridized carbons (Fsp3) is 0.441. The first-order valence-corrected chi connectivity index (χ1v) is 15.3. The number of fused-ring (bicyclic) bond motifs is 1. The second kappa shape index (κ2) is 11.9. The van der Waals surface area contributed by atoms with E-state index in [0.717, 1.165) is 0 Å². The SMILES string of the molecule is C=CCN(C(=O)[C@@H]1[C@H]2C(=O)N([C@@H](CC)CO)C(C(=O)N(CC=C)c3ccccc3Cl)C23CC(C)[C@@]1(C)O3)c1ccccc1. The fourth-order valence-electron chi connectivity index (χ4n) is 7.62. The summed E-state index contributed by atoms with van der Waals surface area (Å²) in [6.07, 6.45) is 4.10. The molecule has 0 aliphatic carbocycles. The number of halogens is 1. The molecule has 3 aliphatic heterocycles. The molecule has 1 spiro atoms. The van der Waals surface area contributed by atoms with E-state index >= 15 is 0 Å². The molecule has 3 aliphatic rings. The van der Waals surface area contributed by atoms with Crippen LogP contribution in [-0.4, -0.2) is 70.7 Å². The Morgan fingerprint density at radius 3 is 2.33 bits per heavy atom. The molecule has 9 heteroatoms. The molecular weight excluding hydrogens is 566 g/mol. The van der Waals surface area contributed by atoms with Crippen LogP contribution in [0.25, 0.3) is 0 Å². The van der Waals surface area contributed by atoms with Gasteiger partial charge in [0.25, 0.3) is 5.91 Å². The number of amides is 3. The summed E-state index contributed by atoms with van der Waals surface area (Å²) < 4.78 is 6.93. The number of likely N-dealkylation sites (tertiary alicyclic amines) is 1. The van der Waals surface area contributed by atoms with Gasteiger partial charge in [-0.05, 0) is 49.9 Å². The number of anilines is 2. The van der Waals surface area contributed by atoms with E-state index in [4.69, 9.17) is 16.3 Å². The van der Waals surface area contributed by atoms with Gasteiger partial charge in [-0.15, -0.1) is 13.2 Å². The molecule has 43 heavy (non-hydrogen) atoms. The lowest BCUT2D eigenvalue weighted by Crippen LogP contribution is -2.59. The molecule has 3 heterocycles. The second-order valence-corrected chi connectivity index (χ2v) is 12.4. The van der Waals surface area contributed by atoms with E-state index in [-0.39, 0.29) is 43.3 Å². The Kier molecular flexibility index (Phi) is 8.58. The van der Waals surface area contributed by atoms with Gasteiger partial charge >= 0.3 is 0 Å². The van der Waals surface area contributed by atoms with Crippen molar-refractivity contribution < 1.29 is 24.2 Å². The highest BCUT2D eigenvalue weighted by Gasteiger charge is 2.80. The van der Waals surface area contributed by atoms with Crippen molar-refractivity contribution >= 4 is 40.7 Å². The van der Waals surface area contributed by atoms with Gasteiger partial charge < -0.3 is 24.5 Å². The van der Waals surface area contributed by atoms with Gasteiger partial charge in [-0.2, -0.15) is 0 Å². The lowest BCUT2D eigenvalue weighted by atomic mass is 9.62. The summed E-state index contributed by atoms with van der Waals surface area (Å²) in [4.78, 5) is 48.7. The number of para-hydroxylation sites is 2. The summed E-state index contributed by atoms with van der Waals surface area (Å²) in [7, 11) is 0. The van der Waals surface area contributed by atoms with Crippen molar-refractivity contribution in [1.82, 2.24) is 4.90 Å². The van der Waals surface area contributed by atoms with Crippen molar-refractivity contribution in [2.75, 3.05) is 29.5 Å². The smallest absolute Gasteiger partial charge is 0.253 e. The lowest BCUT2D eigenvalue weighted by molar-refractivity contribution is -0.149. The van der Waals surface area contributed by atoms with Crippen LogP contribution in [0, 0.1) is 17.8 Å². The Hall–Kier alpha value is -3.46. The average Bonchev–Trinajstić information content (AvgIpc) is 3.52. The van der Waals surface area contributed by atoms with Crippen LogP contribution in [0.5, 0.6) is 0 Å². The molecule has 3 saturated heterocycles. The number of aliphatic hydroxyl groups is 1. The van der Waals surface area contributed by atoms with Gasteiger partial charge in [0.05, 0.1) is 40.8 Å². The molecule has 2 aromatic rings. The van der Waals surface area contributed by atoms with Crippen LogP contribution in [-0.2, 0) is 19.1 Å². The van der Waals surface area contributed by atoms with Gasteiger partial charge in [-0.25, -0.2) is 0 Å². The van der Waals surface area contributed by atoms with E-state index in [2.05, 4.69) is 13.2 Å². The predicted octanol–water partition coefficient (Wildman–Crippen LogP) is 4.86. The number of nitrogens with zero attached hydrogens (tertiary/aromatic N) is 3. The number of aliphatic hydroxyl groups excluding tert-OH is 1. The highest BCUT2D eigenvalue weighted by Crippen LogP contribution is 2.66. The summed E-state index contributed by atoms with van der Waals surface area (Å²) >= 11 is 6.57. The number of carbonyl (C=O) groups is 3. The van der Waals surface area contributed by atoms with Crippen molar-refractivity contribution in [3.05, 3.63) is 84.9 Å². The van der Waals surface area contributed by atoms with E-state index < -0.39 is 35.1 Å².